The Hall–Kier alpha value is -1.93. The van der Waals surface area contributed by atoms with Crippen LogP contribution in [-0.2, 0) is 11.3 Å². The molecule has 2 rings (SSSR count). The topological polar surface area (TPSA) is 107 Å². The molecular weight excluding hydrogens is 276 g/mol. The van der Waals surface area contributed by atoms with Crippen molar-refractivity contribution in [2.45, 2.75) is 31.5 Å². The Morgan fingerprint density at radius 1 is 1.48 bits per heavy atom. The number of rotatable bonds is 5. The fourth-order valence-corrected chi connectivity index (χ4v) is 2.45. The monoisotopic (exact) mass is 296 g/mol. The van der Waals surface area contributed by atoms with Gasteiger partial charge >= 0.3 is 11.7 Å². The van der Waals surface area contributed by atoms with E-state index in [1.54, 1.807) is 0 Å². The van der Waals surface area contributed by atoms with Crippen molar-refractivity contribution in [1.29, 1.82) is 0 Å². The average molecular weight is 296 g/mol. The highest BCUT2D eigenvalue weighted by Gasteiger charge is 2.24. The summed E-state index contributed by atoms with van der Waals surface area (Å²) in [5.74, 6) is -1.01. The second-order valence-electron chi connectivity index (χ2n) is 5.40. The Morgan fingerprint density at radius 2 is 2.14 bits per heavy atom. The summed E-state index contributed by atoms with van der Waals surface area (Å²) in [5, 5.41) is 12.4. The molecule has 1 saturated heterocycles. The van der Waals surface area contributed by atoms with Crippen LogP contribution in [0.4, 0.5) is 0 Å². The molecule has 116 valence electrons. The van der Waals surface area contributed by atoms with Crippen LogP contribution in [0.25, 0.3) is 0 Å². The molecule has 0 saturated carbocycles. The lowest BCUT2D eigenvalue weighted by atomic mass is 10.0. The maximum absolute atomic E-state index is 11.6. The predicted molar refractivity (Wildman–Crippen MR) is 76.4 cm³/mol. The third-order valence-electron chi connectivity index (χ3n) is 3.73. The molecule has 1 aromatic heterocycles. The first-order valence-corrected chi connectivity index (χ1v) is 6.93. The number of nitrogens with one attached hydrogen (secondary N) is 2. The minimum atomic E-state index is -1.01. The number of H-pyrrole nitrogens is 1. The zero-order chi connectivity index (χ0) is 15.4. The van der Waals surface area contributed by atoms with Crippen molar-refractivity contribution in [3.8, 4) is 0 Å². The average Bonchev–Trinajstić information content (AvgIpc) is 2.43. The maximum atomic E-state index is 11.6. The van der Waals surface area contributed by atoms with Gasteiger partial charge in [0.05, 0.1) is 6.54 Å². The van der Waals surface area contributed by atoms with Crippen LogP contribution in [0.3, 0.4) is 0 Å². The van der Waals surface area contributed by atoms with Gasteiger partial charge < -0.3 is 15.3 Å². The molecule has 1 aliphatic heterocycles. The van der Waals surface area contributed by atoms with Gasteiger partial charge in [-0.05, 0) is 33.0 Å². The molecule has 8 heteroatoms. The number of carboxylic acid groups (broad SMARTS) is 1. The van der Waals surface area contributed by atoms with Gasteiger partial charge in [-0.15, -0.1) is 0 Å². The Kier molecular flexibility index (Phi) is 4.92. The summed E-state index contributed by atoms with van der Waals surface area (Å²) in [4.78, 5) is 38.3. The van der Waals surface area contributed by atoms with Gasteiger partial charge in [0.1, 0.15) is 6.04 Å². The van der Waals surface area contributed by atoms with E-state index in [4.69, 9.17) is 0 Å². The first kappa shape index (κ1) is 15.5. The largest absolute Gasteiger partial charge is 0.480 e. The van der Waals surface area contributed by atoms with Gasteiger partial charge in [-0.2, -0.15) is 0 Å². The summed E-state index contributed by atoms with van der Waals surface area (Å²) in [6, 6.07) is 0.471. The van der Waals surface area contributed by atoms with Crippen molar-refractivity contribution >= 4 is 5.97 Å². The molecule has 1 atom stereocenters. The maximum Gasteiger partial charge on any atom is 0.328 e. The van der Waals surface area contributed by atoms with Crippen molar-refractivity contribution in [1.82, 2.24) is 19.8 Å². The first-order valence-electron chi connectivity index (χ1n) is 6.93. The Balaban J connectivity index is 2.04. The van der Waals surface area contributed by atoms with Crippen molar-refractivity contribution in [2.24, 2.45) is 0 Å². The molecular formula is C13H20N4O4. The zero-order valence-corrected chi connectivity index (χ0v) is 11.9. The smallest absolute Gasteiger partial charge is 0.328 e. The molecule has 0 radical (unpaired) electrons. The number of hydrogen-bond acceptors (Lipinski definition) is 5. The Bertz CT molecular complexity index is 601. The molecule has 1 aromatic rings. The molecule has 3 N–H and O–H groups in total. The lowest BCUT2D eigenvalue weighted by molar-refractivity contribution is -0.140. The van der Waals surface area contributed by atoms with Gasteiger partial charge in [0, 0.05) is 18.3 Å². The molecule has 0 bridgehead atoms. The van der Waals surface area contributed by atoms with E-state index in [1.807, 2.05) is 7.05 Å². The van der Waals surface area contributed by atoms with Crippen LogP contribution in [0.1, 0.15) is 12.8 Å². The normalized spacial score (nSPS) is 18.5. The van der Waals surface area contributed by atoms with Crippen molar-refractivity contribution in [3.63, 3.8) is 0 Å². The SMILES string of the molecule is CN1CCC(NC(Cn2ccc(=O)[nH]c2=O)C(=O)O)CC1. The molecule has 0 aliphatic carbocycles. The van der Waals surface area contributed by atoms with Crippen LogP contribution >= 0.6 is 0 Å². The molecule has 8 nitrogen and oxygen atoms in total. The van der Waals surface area contributed by atoms with E-state index >= 15 is 0 Å². The van der Waals surface area contributed by atoms with Crippen molar-refractivity contribution < 1.29 is 9.90 Å². The van der Waals surface area contributed by atoms with Crippen LogP contribution in [0, 0.1) is 0 Å². The van der Waals surface area contributed by atoms with E-state index in [2.05, 4.69) is 15.2 Å². The summed E-state index contributed by atoms with van der Waals surface area (Å²) in [6.07, 6.45) is 3.06. The zero-order valence-electron chi connectivity index (χ0n) is 11.9. The molecule has 0 amide bonds. The first-order chi connectivity index (χ1) is 9.95. The van der Waals surface area contributed by atoms with Crippen molar-refractivity contribution in [2.75, 3.05) is 20.1 Å². The van der Waals surface area contributed by atoms with E-state index in [1.165, 1.54) is 16.8 Å². The van der Waals surface area contributed by atoms with Crippen LogP contribution < -0.4 is 16.6 Å². The van der Waals surface area contributed by atoms with Gasteiger partial charge in [-0.25, -0.2) is 4.79 Å². The summed E-state index contributed by atoms with van der Waals surface area (Å²) in [7, 11) is 2.03. The molecule has 2 heterocycles. The molecule has 1 unspecified atom stereocenters. The number of aliphatic carboxylic acids is 1. The van der Waals surface area contributed by atoms with E-state index in [0.29, 0.717) is 0 Å². The number of carboxylic acids is 1. The fourth-order valence-electron chi connectivity index (χ4n) is 2.45. The Morgan fingerprint density at radius 3 is 2.71 bits per heavy atom. The van der Waals surface area contributed by atoms with Crippen LogP contribution in [0.15, 0.2) is 21.9 Å². The second-order valence-corrected chi connectivity index (χ2v) is 5.40. The van der Waals surface area contributed by atoms with E-state index in [0.717, 1.165) is 25.9 Å². The Labute approximate surface area is 121 Å². The van der Waals surface area contributed by atoms with Gasteiger partial charge in [-0.1, -0.05) is 0 Å². The van der Waals surface area contributed by atoms with E-state index in [9.17, 15) is 19.5 Å². The predicted octanol–water partition coefficient (Wildman–Crippen LogP) is -1.33. The van der Waals surface area contributed by atoms with Gasteiger partial charge in [0.15, 0.2) is 0 Å². The minimum absolute atomic E-state index is 0.0166. The highest BCUT2D eigenvalue weighted by molar-refractivity contribution is 5.73. The summed E-state index contributed by atoms with van der Waals surface area (Å²) >= 11 is 0. The number of likely N-dealkylation sites (tertiary alicyclic amines) is 1. The third kappa shape index (κ3) is 4.27. The number of hydrogen-bond donors (Lipinski definition) is 3. The van der Waals surface area contributed by atoms with E-state index < -0.39 is 23.3 Å². The number of nitrogens with zero attached hydrogens (tertiary/aromatic N) is 2. The molecule has 21 heavy (non-hydrogen) atoms. The lowest BCUT2D eigenvalue weighted by Crippen LogP contribution is -2.50. The summed E-state index contributed by atoms with van der Waals surface area (Å²) in [6.45, 7) is 1.82. The standard InChI is InChI=1S/C13H20N4O4/c1-16-5-2-9(3-6-16)14-10(12(19)20)8-17-7-4-11(18)15-13(17)21/h4,7,9-10,14H,2-3,5-6,8H2,1H3,(H,19,20)(H,15,18,21). The van der Waals surface area contributed by atoms with Crippen LogP contribution in [-0.4, -0.2) is 57.7 Å². The quantitative estimate of drug-likeness (QED) is 0.622. The second kappa shape index (κ2) is 6.68. The van der Waals surface area contributed by atoms with Gasteiger partial charge in [0.25, 0.3) is 5.56 Å². The molecule has 0 aromatic carbocycles. The number of piperidine rings is 1. The highest BCUT2D eigenvalue weighted by atomic mass is 16.4. The fraction of sp³-hybridized carbons (Fsp3) is 0.615. The lowest BCUT2D eigenvalue weighted by Gasteiger charge is -2.31. The minimum Gasteiger partial charge on any atom is -0.480 e. The van der Waals surface area contributed by atoms with Crippen LogP contribution in [0.5, 0.6) is 0 Å². The van der Waals surface area contributed by atoms with Crippen LogP contribution in [0.2, 0.25) is 0 Å². The number of aromatic nitrogens is 2. The van der Waals surface area contributed by atoms with E-state index in [-0.39, 0.29) is 12.6 Å². The summed E-state index contributed by atoms with van der Waals surface area (Å²) < 4.78 is 1.20. The third-order valence-corrected chi connectivity index (χ3v) is 3.73. The number of carbonyl (C=O) groups is 1. The van der Waals surface area contributed by atoms with Gasteiger partial charge in [-0.3, -0.25) is 19.1 Å². The summed E-state index contributed by atoms with van der Waals surface area (Å²) in [5.41, 5.74) is -1.09. The van der Waals surface area contributed by atoms with Gasteiger partial charge in [0.2, 0.25) is 0 Å². The molecule has 0 spiro atoms. The molecule has 1 fully saturated rings. The molecule has 1 aliphatic rings. The van der Waals surface area contributed by atoms with Crippen molar-refractivity contribution in [3.05, 3.63) is 33.1 Å². The number of aromatic amines is 1. The highest BCUT2D eigenvalue weighted by Crippen LogP contribution is 2.09.